The molecule has 3 aromatic carbocycles. The number of halogens is 3. The summed E-state index contributed by atoms with van der Waals surface area (Å²) in [7, 11) is 3.86. The second kappa shape index (κ2) is 17.0. The number of nitrogens with one attached hydrogen (secondary N) is 2. The maximum Gasteiger partial charge on any atom is 0.416 e. The molecule has 4 aromatic rings. The third-order valence-electron chi connectivity index (χ3n) is 9.12. The van der Waals surface area contributed by atoms with Crippen LogP contribution in [0.15, 0.2) is 60.7 Å². The maximum absolute atomic E-state index is 12.8. The molecule has 3 unspecified atom stereocenters. The van der Waals surface area contributed by atoms with E-state index in [1.54, 1.807) is 7.05 Å². The third kappa shape index (κ3) is 9.52. The summed E-state index contributed by atoms with van der Waals surface area (Å²) in [6, 6.07) is 18.7. The normalized spacial score (nSPS) is 19.6. The van der Waals surface area contributed by atoms with Gasteiger partial charge < -0.3 is 19.7 Å². The summed E-state index contributed by atoms with van der Waals surface area (Å²) < 4.78 is 49.1. The van der Waals surface area contributed by atoms with E-state index in [9.17, 15) is 13.2 Å². The van der Waals surface area contributed by atoms with Gasteiger partial charge in [0.05, 0.1) is 23.2 Å². The van der Waals surface area contributed by atoms with Crippen molar-refractivity contribution in [2.45, 2.75) is 63.5 Å². The van der Waals surface area contributed by atoms with Crippen LogP contribution >= 0.6 is 12.8 Å². The Morgan fingerprint density at radius 1 is 1.04 bits per heavy atom. The van der Waals surface area contributed by atoms with E-state index >= 15 is 0 Å². The molecule has 2 fully saturated rings. The van der Waals surface area contributed by atoms with E-state index < -0.39 is 11.7 Å². The van der Waals surface area contributed by atoms with Gasteiger partial charge in [0.15, 0.2) is 0 Å². The second-order valence-electron chi connectivity index (χ2n) is 12.2. The first-order valence-corrected chi connectivity index (χ1v) is 16.5. The van der Waals surface area contributed by atoms with E-state index in [0.717, 1.165) is 62.2 Å². The number of imidazole rings is 1. The summed E-state index contributed by atoms with van der Waals surface area (Å²) in [6.45, 7) is 4.45. The lowest BCUT2D eigenvalue weighted by Crippen LogP contribution is -2.28. The Hall–Kier alpha value is -3.54. The molecule has 0 radical (unpaired) electrons. The van der Waals surface area contributed by atoms with Crippen molar-refractivity contribution < 1.29 is 27.8 Å². The number of carboxylic acid groups (broad SMARTS) is 1. The van der Waals surface area contributed by atoms with Gasteiger partial charge in [-0.1, -0.05) is 43.5 Å². The molecule has 0 spiro atoms. The molecule has 1 aliphatic carbocycles. The lowest BCUT2D eigenvalue weighted by molar-refractivity contribution is -0.137. The highest BCUT2D eigenvalue weighted by molar-refractivity contribution is 7.78. The van der Waals surface area contributed by atoms with Gasteiger partial charge in [-0.15, -0.1) is 0 Å². The second-order valence-corrected chi connectivity index (χ2v) is 12.7. The molecule has 254 valence electrons. The molecular formula is C36H45F3N4O3S. The van der Waals surface area contributed by atoms with E-state index in [1.807, 2.05) is 0 Å². The van der Waals surface area contributed by atoms with E-state index in [2.05, 4.69) is 77.8 Å². The molecule has 2 aliphatic rings. The predicted molar refractivity (Wildman–Crippen MR) is 184 cm³/mol. The number of piperidine rings is 1. The van der Waals surface area contributed by atoms with E-state index in [-0.39, 0.29) is 6.47 Å². The quantitative estimate of drug-likeness (QED) is 0.122. The number of carbonyl (C=O) groups is 1. The monoisotopic (exact) mass is 670 g/mol. The van der Waals surface area contributed by atoms with Gasteiger partial charge in [0.2, 0.25) is 0 Å². The number of fused-ring (bicyclic) bond motifs is 1. The van der Waals surface area contributed by atoms with Crippen molar-refractivity contribution in [1.82, 2.24) is 19.6 Å². The molecule has 0 bridgehead atoms. The van der Waals surface area contributed by atoms with Crippen molar-refractivity contribution in [1.29, 1.82) is 0 Å². The highest BCUT2D eigenvalue weighted by Crippen LogP contribution is 2.39. The van der Waals surface area contributed by atoms with Crippen LogP contribution in [0.1, 0.15) is 72.9 Å². The number of hydrogen-bond acceptors (Lipinski definition) is 6. The molecule has 2 heterocycles. The van der Waals surface area contributed by atoms with Crippen LogP contribution in [0.2, 0.25) is 0 Å². The van der Waals surface area contributed by atoms with Crippen molar-refractivity contribution in [3.8, 4) is 16.9 Å². The molecule has 11 heteroatoms. The molecule has 1 saturated carbocycles. The Balaban J connectivity index is 0.000000776. The molecule has 47 heavy (non-hydrogen) atoms. The molecule has 3 atom stereocenters. The SMILES string of the molecule is CNS.Cc1nc2cc(-c3ccc(C4CCCC(COc5ccc(C(F)(F)F)cc5)C4)cc3)cc(C3CCCNC3)c2n1C.O=CO. The van der Waals surface area contributed by atoms with Crippen LogP contribution in [0, 0.1) is 12.8 Å². The first kappa shape index (κ1) is 36.3. The molecule has 7 nitrogen and oxygen atoms in total. The number of ether oxygens (including phenoxy) is 1. The summed E-state index contributed by atoms with van der Waals surface area (Å²) in [4.78, 5) is 13.2. The largest absolute Gasteiger partial charge is 0.493 e. The van der Waals surface area contributed by atoms with Crippen LogP contribution in [0.5, 0.6) is 5.75 Å². The van der Waals surface area contributed by atoms with Gasteiger partial charge >= 0.3 is 6.18 Å². The fraction of sp³-hybridized carbons (Fsp3) is 0.444. The Bertz CT molecular complexity index is 1570. The zero-order valence-corrected chi connectivity index (χ0v) is 28.1. The Morgan fingerprint density at radius 3 is 2.32 bits per heavy atom. The van der Waals surface area contributed by atoms with E-state index in [4.69, 9.17) is 19.6 Å². The minimum Gasteiger partial charge on any atom is -0.493 e. The van der Waals surface area contributed by atoms with Gasteiger partial charge in [-0.2, -0.15) is 13.2 Å². The molecule has 6 rings (SSSR count). The molecule has 0 amide bonds. The molecular weight excluding hydrogens is 625 g/mol. The topological polar surface area (TPSA) is 88.4 Å². The van der Waals surface area contributed by atoms with Crippen molar-refractivity contribution >= 4 is 30.3 Å². The Morgan fingerprint density at radius 2 is 1.70 bits per heavy atom. The standard InChI is InChI=1S/C34H38F3N3O.CH5NS.CH2O2/c1-22-39-32-19-28(18-31(33(32)40(22)2)27-7-4-16-38-20-27)25-10-8-24(9-11-25)26-6-3-5-23(17-26)21-41-30-14-12-29(13-15-30)34(35,36)37;1-2-3;2-1-3/h8-15,18-19,23,26-27,38H,3-7,16-17,20-21H2,1-2H3;2-3H,1H3;1H,(H,2,3). The van der Waals surface area contributed by atoms with Crippen molar-refractivity contribution in [2.75, 3.05) is 26.7 Å². The number of benzene rings is 3. The highest BCUT2D eigenvalue weighted by Gasteiger charge is 2.30. The number of thiol groups is 1. The van der Waals surface area contributed by atoms with E-state index in [1.165, 1.54) is 52.7 Å². The van der Waals surface area contributed by atoms with Gasteiger partial charge in [-0.3, -0.25) is 9.52 Å². The summed E-state index contributed by atoms with van der Waals surface area (Å²) in [5, 5.41) is 10.5. The smallest absolute Gasteiger partial charge is 0.416 e. The van der Waals surface area contributed by atoms with Crippen LogP contribution in [0.25, 0.3) is 22.2 Å². The number of hydrogen-bond donors (Lipinski definition) is 4. The van der Waals surface area contributed by atoms with E-state index in [0.29, 0.717) is 30.1 Å². The number of rotatable bonds is 6. The fourth-order valence-corrected chi connectivity index (χ4v) is 6.75. The number of aryl methyl sites for hydroxylation is 2. The minimum atomic E-state index is -4.33. The van der Waals surface area contributed by atoms with Crippen LogP contribution < -0.4 is 14.8 Å². The van der Waals surface area contributed by atoms with Gasteiger partial charge in [0.1, 0.15) is 11.6 Å². The molecule has 3 N–H and O–H groups in total. The van der Waals surface area contributed by atoms with Crippen molar-refractivity contribution in [3.63, 3.8) is 0 Å². The van der Waals surface area contributed by atoms with Gasteiger partial charge in [-0.25, -0.2) is 4.98 Å². The summed E-state index contributed by atoms with van der Waals surface area (Å²) >= 11 is 3.54. The van der Waals surface area contributed by atoms with Crippen molar-refractivity contribution in [3.05, 3.63) is 83.2 Å². The Kier molecular flexibility index (Phi) is 13.2. The lowest BCUT2D eigenvalue weighted by Gasteiger charge is -2.29. The van der Waals surface area contributed by atoms with Crippen LogP contribution in [0.4, 0.5) is 13.2 Å². The maximum atomic E-state index is 12.8. The number of nitrogens with zero attached hydrogens (tertiary/aromatic N) is 2. The lowest BCUT2D eigenvalue weighted by atomic mass is 9.78. The third-order valence-corrected chi connectivity index (χ3v) is 9.12. The average molecular weight is 671 g/mol. The Labute approximate surface area is 280 Å². The summed E-state index contributed by atoms with van der Waals surface area (Å²) in [5.74, 6) is 2.87. The fourth-order valence-electron chi connectivity index (χ4n) is 6.75. The predicted octanol–water partition coefficient (Wildman–Crippen LogP) is 8.14. The van der Waals surface area contributed by atoms with Crippen LogP contribution in [-0.4, -0.2) is 47.9 Å². The number of aromatic nitrogens is 2. The van der Waals surface area contributed by atoms with Crippen LogP contribution in [0.3, 0.4) is 0 Å². The van der Waals surface area contributed by atoms with Gasteiger partial charge in [0, 0.05) is 13.6 Å². The van der Waals surface area contributed by atoms with Gasteiger partial charge in [-0.05, 0) is 129 Å². The average Bonchev–Trinajstić information content (AvgIpc) is 3.37. The highest BCUT2D eigenvalue weighted by atomic mass is 32.1. The molecule has 1 aromatic heterocycles. The van der Waals surface area contributed by atoms with Crippen molar-refractivity contribution in [2.24, 2.45) is 13.0 Å². The number of alkyl halides is 3. The van der Waals surface area contributed by atoms with Gasteiger partial charge in [0.25, 0.3) is 6.47 Å². The first-order valence-electron chi connectivity index (χ1n) is 16.1. The molecule has 1 saturated heterocycles. The van der Waals surface area contributed by atoms with Crippen LogP contribution in [-0.2, 0) is 18.0 Å². The zero-order valence-electron chi connectivity index (χ0n) is 27.2. The summed E-state index contributed by atoms with van der Waals surface area (Å²) in [5.41, 5.74) is 6.83. The zero-order chi connectivity index (χ0) is 34.0. The molecule has 1 aliphatic heterocycles. The summed E-state index contributed by atoms with van der Waals surface area (Å²) in [6.07, 6.45) is 2.44. The minimum absolute atomic E-state index is 0.250. The first-order chi connectivity index (χ1) is 22.6.